The Balaban J connectivity index is 0.000000280. The van der Waals surface area contributed by atoms with Crippen LogP contribution in [-0.2, 0) is 26.7 Å². The molecule has 0 aliphatic heterocycles. The maximum Gasteiger partial charge on any atom is 0.123 e. The molecular weight excluding hydrogens is 232 g/mol. The molecule has 0 aromatic rings. The first kappa shape index (κ1) is 14.9. The summed E-state index contributed by atoms with van der Waals surface area (Å²) in [5.74, 6) is 0.0602. The number of carbonyl (C=O) groups is 2. The quantitative estimate of drug-likeness (QED) is 0.559. The van der Waals surface area contributed by atoms with Crippen molar-refractivity contribution in [1.82, 2.24) is 0 Å². The van der Waals surface area contributed by atoms with E-state index in [1.165, 1.54) is 32.1 Å². The molecule has 0 heterocycles. The van der Waals surface area contributed by atoms with Gasteiger partial charge in [0.15, 0.2) is 0 Å². The van der Waals surface area contributed by atoms with Crippen molar-refractivity contribution in [3.05, 3.63) is 0 Å². The standard InChI is InChI=1S/C7H10O2.C5H10.Fe/c8-4-6-2-1-3-7(6)5-9;1-2-4-5-3-1;/h4-7H,1-3H2;1-5H2;. The van der Waals surface area contributed by atoms with Gasteiger partial charge in [-0.25, -0.2) is 0 Å². The van der Waals surface area contributed by atoms with Gasteiger partial charge in [0.2, 0.25) is 0 Å². The zero-order valence-electron chi connectivity index (χ0n) is 9.14. The van der Waals surface area contributed by atoms with Crippen LogP contribution in [0.4, 0.5) is 0 Å². The van der Waals surface area contributed by atoms with E-state index in [2.05, 4.69) is 0 Å². The van der Waals surface area contributed by atoms with Crippen LogP contribution in [0.1, 0.15) is 51.4 Å². The summed E-state index contributed by atoms with van der Waals surface area (Å²) < 4.78 is 0. The van der Waals surface area contributed by atoms with Crippen LogP contribution in [0.25, 0.3) is 0 Å². The molecule has 0 aromatic heterocycles. The molecule has 0 radical (unpaired) electrons. The van der Waals surface area contributed by atoms with E-state index < -0.39 is 0 Å². The predicted octanol–water partition coefficient (Wildman–Crippen LogP) is 2.75. The summed E-state index contributed by atoms with van der Waals surface area (Å²) in [4.78, 5) is 20.4. The van der Waals surface area contributed by atoms with Crippen LogP contribution in [0, 0.1) is 11.8 Å². The second-order valence-corrected chi connectivity index (χ2v) is 4.30. The van der Waals surface area contributed by atoms with Crippen molar-refractivity contribution in [2.24, 2.45) is 11.8 Å². The summed E-state index contributed by atoms with van der Waals surface area (Å²) in [6, 6.07) is 0. The first-order valence-electron chi connectivity index (χ1n) is 5.79. The molecule has 2 unspecified atom stereocenters. The average molecular weight is 252 g/mol. The molecule has 0 spiro atoms. The van der Waals surface area contributed by atoms with Gasteiger partial charge in [-0.2, -0.15) is 0 Å². The molecule has 0 aromatic carbocycles. The summed E-state index contributed by atoms with van der Waals surface area (Å²) in [5, 5.41) is 0. The van der Waals surface area contributed by atoms with Gasteiger partial charge in [-0.05, 0) is 12.8 Å². The molecule has 2 aliphatic rings. The third kappa shape index (κ3) is 5.48. The minimum absolute atomic E-state index is 0. The Hall–Kier alpha value is -0.141. The van der Waals surface area contributed by atoms with E-state index in [1.54, 1.807) is 0 Å². The van der Waals surface area contributed by atoms with Crippen molar-refractivity contribution in [3.8, 4) is 0 Å². The Morgan fingerprint density at radius 1 is 0.667 bits per heavy atom. The maximum atomic E-state index is 10.2. The van der Waals surface area contributed by atoms with E-state index in [4.69, 9.17) is 0 Å². The largest absolute Gasteiger partial charge is 0.303 e. The van der Waals surface area contributed by atoms with Crippen molar-refractivity contribution >= 4 is 12.6 Å². The molecule has 3 heteroatoms. The Labute approximate surface area is 103 Å². The van der Waals surface area contributed by atoms with E-state index in [9.17, 15) is 9.59 Å². The fourth-order valence-electron chi connectivity index (χ4n) is 2.24. The minimum Gasteiger partial charge on any atom is -0.303 e. The summed E-state index contributed by atoms with van der Waals surface area (Å²) >= 11 is 0. The molecule has 2 atom stereocenters. The third-order valence-electron chi connectivity index (χ3n) is 3.22. The smallest absolute Gasteiger partial charge is 0.123 e. The van der Waals surface area contributed by atoms with Crippen molar-refractivity contribution < 1.29 is 26.7 Å². The van der Waals surface area contributed by atoms with Gasteiger partial charge in [0.1, 0.15) is 12.6 Å². The number of hydrogen-bond acceptors (Lipinski definition) is 2. The van der Waals surface area contributed by atoms with E-state index in [1.807, 2.05) is 0 Å². The molecule has 0 N–H and O–H groups in total. The Kier molecular flexibility index (Phi) is 9.03. The van der Waals surface area contributed by atoms with Crippen LogP contribution in [0.15, 0.2) is 0 Å². The molecule has 0 amide bonds. The Morgan fingerprint density at radius 3 is 1.27 bits per heavy atom. The van der Waals surface area contributed by atoms with E-state index >= 15 is 0 Å². The SMILES string of the molecule is C1CCCC1.O=CC1CCCC1C=O.[Fe]. The molecule has 2 aliphatic carbocycles. The van der Waals surface area contributed by atoms with E-state index in [0.717, 1.165) is 31.8 Å². The predicted molar refractivity (Wildman–Crippen MR) is 56.0 cm³/mol. The zero-order chi connectivity index (χ0) is 10.2. The molecule has 0 bridgehead atoms. The van der Waals surface area contributed by atoms with Crippen molar-refractivity contribution in [2.45, 2.75) is 51.4 Å². The van der Waals surface area contributed by atoms with Gasteiger partial charge in [0.25, 0.3) is 0 Å². The normalized spacial score (nSPS) is 28.5. The van der Waals surface area contributed by atoms with Gasteiger partial charge in [-0.1, -0.05) is 38.5 Å². The van der Waals surface area contributed by atoms with Crippen LogP contribution < -0.4 is 0 Å². The molecule has 2 rings (SSSR count). The maximum absolute atomic E-state index is 10.2. The minimum atomic E-state index is 0. The van der Waals surface area contributed by atoms with Crippen LogP contribution in [0.5, 0.6) is 0 Å². The van der Waals surface area contributed by atoms with Gasteiger partial charge in [-0.15, -0.1) is 0 Å². The van der Waals surface area contributed by atoms with Crippen molar-refractivity contribution in [1.29, 1.82) is 0 Å². The monoisotopic (exact) mass is 252 g/mol. The number of hydrogen-bond donors (Lipinski definition) is 0. The summed E-state index contributed by atoms with van der Waals surface area (Å²) in [7, 11) is 0. The number of carbonyl (C=O) groups excluding carboxylic acids is 2. The van der Waals surface area contributed by atoms with Crippen LogP contribution in [0.3, 0.4) is 0 Å². The fourth-order valence-corrected chi connectivity index (χ4v) is 2.24. The molecule has 2 nitrogen and oxygen atoms in total. The van der Waals surface area contributed by atoms with Gasteiger partial charge >= 0.3 is 0 Å². The second-order valence-electron chi connectivity index (χ2n) is 4.30. The third-order valence-corrected chi connectivity index (χ3v) is 3.22. The molecule has 0 saturated heterocycles. The van der Waals surface area contributed by atoms with Gasteiger partial charge in [-0.3, -0.25) is 0 Å². The van der Waals surface area contributed by atoms with Crippen molar-refractivity contribution in [2.75, 3.05) is 0 Å². The molecule has 88 valence electrons. The van der Waals surface area contributed by atoms with Gasteiger partial charge < -0.3 is 9.59 Å². The van der Waals surface area contributed by atoms with Gasteiger partial charge in [0.05, 0.1) is 0 Å². The van der Waals surface area contributed by atoms with Crippen molar-refractivity contribution in [3.63, 3.8) is 0 Å². The molecular formula is C12H20FeO2. The summed E-state index contributed by atoms with van der Waals surface area (Å²) in [6.45, 7) is 0. The average Bonchev–Trinajstić information content (AvgIpc) is 2.91. The first-order valence-corrected chi connectivity index (χ1v) is 5.79. The van der Waals surface area contributed by atoms with E-state index in [-0.39, 0.29) is 28.9 Å². The van der Waals surface area contributed by atoms with E-state index in [0.29, 0.717) is 0 Å². The molecule has 2 fully saturated rings. The topological polar surface area (TPSA) is 34.1 Å². The first-order chi connectivity index (χ1) is 6.88. The second kappa shape index (κ2) is 9.11. The van der Waals surface area contributed by atoms with Crippen LogP contribution in [0.2, 0.25) is 0 Å². The summed E-state index contributed by atoms with van der Waals surface area (Å²) in [6.07, 6.45) is 12.2. The number of rotatable bonds is 2. The number of aldehydes is 2. The van der Waals surface area contributed by atoms with Crippen LogP contribution in [-0.4, -0.2) is 12.6 Å². The summed E-state index contributed by atoms with van der Waals surface area (Å²) in [5.41, 5.74) is 0. The zero-order valence-corrected chi connectivity index (χ0v) is 10.2. The van der Waals surface area contributed by atoms with Gasteiger partial charge in [0, 0.05) is 28.9 Å². The Morgan fingerprint density at radius 2 is 1.00 bits per heavy atom. The van der Waals surface area contributed by atoms with Crippen LogP contribution >= 0.6 is 0 Å². The molecule has 2 saturated carbocycles. The molecule has 15 heavy (non-hydrogen) atoms. The Bertz CT molecular complexity index is 157. The fraction of sp³-hybridized carbons (Fsp3) is 0.833.